The molecule has 1 aromatic heterocycles. The predicted molar refractivity (Wildman–Crippen MR) is 66.3 cm³/mol. The number of nitrogens with zero attached hydrogens (tertiary/aromatic N) is 2. The van der Waals surface area contributed by atoms with E-state index in [0.29, 0.717) is 17.3 Å². The summed E-state index contributed by atoms with van der Waals surface area (Å²) >= 11 is 5.79. The lowest BCUT2D eigenvalue weighted by Crippen LogP contribution is -2.30. The molecule has 0 spiro atoms. The van der Waals surface area contributed by atoms with Crippen molar-refractivity contribution < 1.29 is 9.90 Å². The van der Waals surface area contributed by atoms with Crippen molar-refractivity contribution in [2.24, 2.45) is 5.92 Å². The van der Waals surface area contributed by atoms with Gasteiger partial charge in [0, 0.05) is 6.04 Å². The first-order valence-electron chi connectivity index (χ1n) is 5.68. The van der Waals surface area contributed by atoms with Crippen molar-refractivity contribution in [2.45, 2.75) is 25.3 Å². The number of hydrogen-bond acceptors (Lipinski definition) is 4. The molecule has 94 valence electrons. The first-order chi connectivity index (χ1) is 8.61. The molecular weight excluding hydrogens is 254 g/mol. The Morgan fingerprint density at radius 2 is 2.33 bits per heavy atom. The SMILES string of the molecule is N#Cc1nc(N[C@H]2CCC[C@H]2C(=O)O)ccc1Cl. The highest BCUT2D eigenvalue weighted by atomic mass is 35.5. The molecule has 0 amide bonds. The Morgan fingerprint density at radius 3 is 3.00 bits per heavy atom. The maximum Gasteiger partial charge on any atom is 0.308 e. The lowest BCUT2D eigenvalue weighted by molar-refractivity contribution is -0.141. The molecule has 2 N–H and O–H groups in total. The number of rotatable bonds is 3. The first kappa shape index (κ1) is 12.7. The fourth-order valence-corrected chi connectivity index (χ4v) is 2.37. The van der Waals surface area contributed by atoms with Crippen LogP contribution in [0, 0.1) is 17.2 Å². The number of nitrogens with one attached hydrogen (secondary N) is 1. The van der Waals surface area contributed by atoms with Crippen LogP contribution in [0.3, 0.4) is 0 Å². The Hall–Kier alpha value is -1.80. The third-order valence-corrected chi connectivity index (χ3v) is 3.42. The molecule has 0 radical (unpaired) electrons. The van der Waals surface area contributed by atoms with Crippen LogP contribution in [-0.2, 0) is 4.79 Å². The van der Waals surface area contributed by atoms with Gasteiger partial charge in [-0.3, -0.25) is 4.79 Å². The Bertz CT molecular complexity index is 513. The summed E-state index contributed by atoms with van der Waals surface area (Å²) in [5, 5.41) is 21.3. The molecule has 1 heterocycles. The van der Waals surface area contributed by atoms with Crippen LogP contribution >= 0.6 is 11.6 Å². The van der Waals surface area contributed by atoms with Gasteiger partial charge in [-0.25, -0.2) is 4.98 Å². The molecule has 0 aromatic carbocycles. The summed E-state index contributed by atoms with van der Waals surface area (Å²) in [5.41, 5.74) is 0.145. The number of carbonyl (C=O) groups is 1. The lowest BCUT2D eigenvalue weighted by Gasteiger charge is -2.18. The van der Waals surface area contributed by atoms with E-state index in [0.717, 1.165) is 12.8 Å². The zero-order valence-corrected chi connectivity index (χ0v) is 10.3. The van der Waals surface area contributed by atoms with E-state index in [1.165, 1.54) is 0 Å². The molecule has 0 aliphatic heterocycles. The standard InChI is InChI=1S/C12H12ClN3O2/c13-8-4-5-11(16-10(8)6-14)15-9-3-1-2-7(9)12(17)18/h4-5,7,9H,1-3H2,(H,15,16)(H,17,18)/t7-,9+/m1/s1. The molecule has 18 heavy (non-hydrogen) atoms. The summed E-state index contributed by atoms with van der Waals surface area (Å²) in [6.07, 6.45) is 2.35. The number of anilines is 1. The molecule has 5 nitrogen and oxygen atoms in total. The molecule has 0 bridgehead atoms. The highest BCUT2D eigenvalue weighted by Gasteiger charge is 2.33. The number of carboxylic acids is 1. The average molecular weight is 266 g/mol. The van der Waals surface area contributed by atoms with E-state index in [-0.39, 0.29) is 11.7 Å². The van der Waals surface area contributed by atoms with Gasteiger partial charge in [0.15, 0.2) is 5.69 Å². The fourth-order valence-electron chi connectivity index (χ4n) is 2.22. The van der Waals surface area contributed by atoms with E-state index in [9.17, 15) is 4.79 Å². The van der Waals surface area contributed by atoms with Gasteiger partial charge in [-0.1, -0.05) is 18.0 Å². The van der Waals surface area contributed by atoms with E-state index in [4.69, 9.17) is 22.0 Å². The van der Waals surface area contributed by atoms with Crippen LogP contribution in [0.15, 0.2) is 12.1 Å². The molecule has 6 heteroatoms. The summed E-state index contributed by atoms with van der Waals surface area (Å²) in [7, 11) is 0. The summed E-state index contributed by atoms with van der Waals surface area (Å²) in [4.78, 5) is 15.1. The number of halogens is 1. The van der Waals surface area contributed by atoms with Crippen LogP contribution in [0.4, 0.5) is 5.82 Å². The summed E-state index contributed by atoms with van der Waals surface area (Å²) < 4.78 is 0. The highest BCUT2D eigenvalue weighted by Crippen LogP contribution is 2.28. The van der Waals surface area contributed by atoms with Crippen molar-refractivity contribution in [3.8, 4) is 6.07 Å². The normalized spacial score (nSPS) is 22.4. The monoisotopic (exact) mass is 265 g/mol. The number of pyridine rings is 1. The van der Waals surface area contributed by atoms with Crippen molar-refractivity contribution in [2.75, 3.05) is 5.32 Å². The van der Waals surface area contributed by atoms with E-state index in [2.05, 4.69) is 10.3 Å². The van der Waals surface area contributed by atoms with Crippen molar-refractivity contribution in [3.63, 3.8) is 0 Å². The maximum absolute atomic E-state index is 11.0. The van der Waals surface area contributed by atoms with Gasteiger partial charge in [0.1, 0.15) is 11.9 Å². The minimum atomic E-state index is -0.792. The second-order valence-corrected chi connectivity index (χ2v) is 4.67. The van der Waals surface area contributed by atoms with Crippen LogP contribution in [0.1, 0.15) is 25.0 Å². The third-order valence-electron chi connectivity index (χ3n) is 3.12. The Labute approximate surface area is 109 Å². The smallest absolute Gasteiger partial charge is 0.308 e. The second-order valence-electron chi connectivity index (χ2n) is 4.27. The van der Waals surface area contributed by atoms with Crippen molar-refractivity contribution in [3.05, 3.63) is 22.8 Å². The average Bonchev–Trinajstić information content (AvgIpc) is 2.80. The summed E-state index contributed by atoms with van der Waals surface area (Å²) in [6.45, 7) is 0. The number of aromatic nitrogens is 1. The Balaban J connectivity index is 2.14. The van der Waals surface area contributed by atoms with Gasteiger partial charge in [-0.05, 0) is 25.0 Å². The topological polar surface area (TPSA) is 86.0 Å². The van der Waals surface area contributed by atoms with E-state index >= 15 is 0 Å². The Kier molecular flexibility index (Phi) is 3.68. The quantitative estimate of drug-likeness (QED) is 0.876. The molecule has 2 atom stereocenters. The molecule has 1 aliphatic carbocycles. The van der Waals surface area contributed by atoms with Crippen LogP contribution in [0.25, 0.3) is 0 Å². The molecule has 1 aromatic rings. The highest BCUT2D eigenvalue weighted by molar-refractivity contribution is 6.31. The number of carboxylic acid groups (broad SMARTS) is 1. The largest absolute Gasteiger partial charge is 0.481 e. The lowest BCUT2D eigenvalue weighted by atomic mass is 10.0. The van der Waals surface area contributed by atoms with Gasteiger partial charge in [-0.15, -0.1) is 0 Å². The fraction of sp³-hybridized carbons (Fsp3) is 0.417. The summed E-state index contributed by atoms with van der Waals surface area (Å²) in [5.74, 6) is -0.693. The molecule has 1 fully saturated rings. The maximum atomic E-state index is 11.0. The zero-order valence-electron chi connectivity index (χ0n) is 9.56. The third kappa shape index (κ3) is 2.54. The second kappa shape index (κ2) is 5.23. The number of aliphatic carboxylic acids is 1. The molecule has 0 saturated heterocycles. The first-order valence-corrected chi connectivity index (χ1v) is 6.05. The van der Waals surface area contributed by atoms with Crippen molar-refractivity contribution in [1.82, 2.24) is 4.98 Å². The van der Waals surface area contributed by atoms with Gasteiger partial charge in [-0.2, -0.15) is 5.26 Å². The zero-order chi connectivity index (χ0) is 13.1. The van der Waals surface area contributed by atoms with Gasteiger partial charge in [0.2, 0.25) is 0 Å². The van der Waals surface area contributed by atoms with E-state index in [1.54, 1.807) is 12.1 Å². The number of hydrogen-bond donors (Lipinski definition) is 2. The molecule has 0 unspecified atom stereocenters. The van der Waals surface area contributed by atoms with Gasteiger partial charge in [0.05, 0.1) is 10.9 Å². The molecular formula is C12H12ClN3O2. The molecule has 2 rings (SSSR count). The van der Waals surface area contributed by atoms with Crippen LogP contribution in [0.5, 0.6) is 0 Å². The van der Waals surface area contributed by atoms with Gasteiger partial charge in [0.25, 0.3) is 0 Å². The van der Waals surface area contributed by atoms with Crippen LogP contribution in [0.2, 0.25) is 5.02 Å². The molecule has 1 saturated carbocycles. The molecule has 1 aliphatic rings. The van der Waals surface area contributed by atoms with Gasteiger partial charge >= 0.3 is 5.97 Å². The van der Waals surface area contributed by atoms with E-state index in [1.807, 2.05) is 6.07 Å². The van der Waals surface area contributed by atoms with Gasteiger partial charge < -0.3 is 10.4 Å². The minimum Gasteiger partial charge on any atom is -0.481 e. The van der Waals surface area contributed by atoms with Crippen LogP contribution < -0.4 is 5.32 Å². The van der Waals surface area contributed by atoms with Crippen LogP contribution in [-0.4, -0.2) is 22.1 Å². The van der Waals surface area contributed by atoms with E-state index < -0.39 is 11.9 Å². The Morgan fingerprint density at radius 1 is 1.56 bits per heavy atom. The summed E-state index contributed by atoms with van der Waals surface area (Å²) in [6, 6.07) is 5.00. The van der Waals surface area contributed by atoms with Crippen molar-refractivity contribution >= 4 is 23.4 Å². The number of nitriles is 1. The predicted octanol–water partition coefficient (Wildman–Crippen LogP) is 2.27. The van der Waals surface area contributed by atoms with Crippen molar-refractivity contribution in [1.29, 1.82) is 5.26 Å². The minimum absolute atomic E-state index is 0.136.